The number of nitrogens with one attached hydrogen (secondary N) is 1. The predicted molar refractivity (Wildman–Crippen MR) is 59.9 cm³/mol. The highest BCUT2D eigenvalue weighted by Crippen LogP contribution is 2.06. The molecule has 0 amide bonds. The van der Waals surface area contributed by atoms with E-state index in [0.717, 1.165) is 6.42 Å². The standard InChI is InChI=1S/C11H13N3O2/c1-4-8(5-2)13-10-7-12-6-9(14-10)11(15)16-3/h1,6-8H,5H2,2-3H3,(H,13,14). The summed E-state index contributed by atoms with van der Waals surface area (Å²) < 4.78 is 4.54. The zero-order chi connectivity index (χ0) is 12.0. The van der Waals surface area contributed by atoms with E-state index in [4.69, 9.17) is 6.42 Å². The van der Waals surface area contributed by atoms with Crippen molar-refractivity contribution in [3.05, 3.63) is 18.1 Å². The Morgan fingerprint density at radius 2 is 2.44 bits per heavy atom. The summed E-state index contributed by atoms with van der Waals surface area (Å²) >= 11 is 0. The van der Waals surface area contributed by atoms with Crippen molar-refractivity contribution in [3.63, 3.8) is 0 Å². The van der Waals surface area contributed by atoms with Crippen LogP contribution in [0.1, 0.15) is 23.8 Å². The van der Waals surface area contributed by atoms with Gasteiger partial charge in [0, 0.05) is 0 Å². The molecule has 1 unspecified atom stereocenters. The van der Waals surface area contributed by atoms with Gasteiger partial charge in [0.1, 0.15) is 5.82 Å². The first kappa shape index (κ1) is 12.0. The van der Waals surface area contributed by atoms with Crippen molar-refractivity contribution in [1.82, 2.24) is 9.97 Å². The molecule has 1 atom stereocenters. The molecule has 0 spiro atoms. The van der Waals surface area contributed by atoms with Crippen LogP contribution in [0.5, 0.6) is 0 Å². The summed E-state index contributed by atoms with van der Waals surface area (Å²) in [5.41, 5.74) is 0.152. The van der Waals surface area contributed by atoms with Crippen molar-refractivity contribution < 1.29 is 9.53 Å². The smallest absolute Gasteiger partial charge is 0.358 e. The Hall–Kier alpha value is -2.09. The minimum absolute atomic E-state index is 0.123. The minimum atomic E-state index is -0.523. The van der Waals surface area contributed by atoms with Crippen LogP contribution in [0.3, 0.4) is 0 Å². The molecule has 84 valence electrons. The summed E-state index contributed by atoms with van der Waals surface area (Å²) in [7, 11) is 1.29. The van der Waals surface area contributed by atoms with Gasteiger partial charge in [0.05, 0.1) is 25.5 Å². The predicted octanol–water partition coefficient (Wildman–Crippen LogP) is 1.09. The Balaban J connectivity index is 2.83. The monoisotopic (exact) mass is 219 g/mol. The van der Waals surface area contributed by atoms with Gasteiger partial charge in [-0.25, -0.2) is 9.78 Å². The van der Waals surface area contributed by atoms with Crippen LogP contribution < -0.4 is 5.32 Å². The van der Waals surface area contributed by atoms with E-state index in [0.29, 0.717) is 5.82 Å². The van der Waals surface area contributed by atoms with Gasteiger partial charge in [-0.1, -0.05) is 12.8 Å². The highest BCUT2D eigenvalue weighted by molar-refractivity contribution is 5.87. The largest absolute Gasteiger partial charge is 0.464 e. The van der Waals surface area contributed by atoms with Gasteiger partial charge in [-0.2, -0.15) is 0 Å². The number of anilines is 1. The van der Waals surface area contributed by atoms with Crippen LogP contribution in [0.4, 0.5) is 5.82 Å². The van der Waals surface area contributed by atoms with Crippen LogP contribution in [0.25, 0.3) is 0 Å². The highest BCUT2D eigenvalue weighted by atomic mass is 16.5. The molecule has 1 aromatic rings. The molecule has 1 heterocycles. The van der Waals surface area contributed by atoms with E-state index in [2.05, 4.69) is 25.9 Å². The van der Waals surface area contributed by atoms with Crippen molar-refractivity contribution in [2.24, 2.45) is 0 Å². The van der Waals surface area contributed by atoms with Gasteiger partial charge < -0.3 is 10.1 Å². The minimum Gasteiger partial charge on any atom is -0.464 e. The van der Waals surface area contributed by atoms with Crippen molar-refractivity contribution in [3.8, 4) is 12.3 Å². The third-order valence-electron chi connectivity index (χ3n) is 1.96. The third kappa shape index (κ3) is 2.95. The first-order valence-electron chi connectivity index (χ1n) is 4.84. The second-order valence-corrected chi connectivity index (χ2v) is 3.05. The number of hydrogen-bond acceptors (Lipinski definition) is 5. The second kappa shape index (κ2) is 5.71. The van der Waals surface area contributed by atoms with Gasteiger partial charge in [0.25, 0.3) is 0 Å². The summed E-state index contributed by atoms with van der Waals surface area (Å²) in [6.45, 7) is 1.95. The molecule has 1 N–H and O–H groups in total. The van der Waals surface area contributed by atoms with Crippen LogP contribution in [0, 0.1) is 12.3 Å². The Morgan fingerprint density at radius 1 is 1.69 bits per heavy atom. The lowest BCUT2D eigenvalue weighted by Crippen LogP contribution is -2.18. The zero-order valence-electron chi connectivity index (χ0n) is 9.23. The summed E-state index contributed by atoms with van der Waals surface area (Å²) in [5.74, 6) is 2.51. The fourth-order valence-electron chi connectivity index (χ4n) is 1.08. The Morgan fingerprint density at radius 3 is 3.00 bits per heavy atom. The van der Waals surface area contributed by atoms with E-state index in [9.17, 15) is 4.79 Å². The molecule has 5 heteroatoms. The molecule has 0 saturated carbocycles. The number of hydrogen-bond donors (Lipinski definition) is 1. The average molecular weight is 219 g/mol. The molecule has 1 aromatic heterocycles. The number of esters is 1. The average Bonchev–Trinajstić information content (AvgIpc) is 2.35. The lowest BCUT2D eigenvalue weighted by Gasteiger charge is -2.11. The molecule has 0 saturated heterocycles. The Labute approximate surface area is 94.2 Å². The number of carbonyl (C=O) groups excluding carboxylic acids is 1. The molecule has 0 fully saturated rings. The van der Waals surface area contributed by atoms with E-state index >= 15 is 0 Å². The molecule has 0 radical (unpaired) electrons. The van der Waals surface area contributed by atoms with E-state index in [1.807, 2.05) is 6.92 Å². The van der Waals surface area contributed by atoms with E-state index in [-0.39, 0.29) is 11.7 Å². The number of carbonyl (C=O) groups is 1. The van der Waals surface area contributed by atoms with E-state index in [1.165, 1.54) is 19.5 Å². The maximum Gasteiger partial charge on any atom is 0.358 e. The summed E-state index contributed by atoms with van der Waals surface area (Å²) in [4.78, 5) is 19.1. The van der Waals surface area contributed by atoms with E-state index < -0.39 is 5.97 Å². The normalized spacial score (nSPS) is 11.3. The number of ether oxygens (including phenoxy) is 1. The van der Waals surface area contributed by atoms with Crippen LogP contribution >= 0.6 is 0 Å². The summed E-state index contributed by atoms with van der Waals surface area (Å²) in [6, 6.07) is -0.123. The topological polar surface area (TPSA) is 64.1 Å². The summed E-state index contributed by atoms with van der Waals surface area (Å²) in [5, 5.41) is 2.98. The maximum absolute atomic E-state index is 11.2. The molecule has 0 aliphatic carbocycles. The number of rotatable bonds is 4. The number of nitrogens with zero attached hydrogens (tertiary/aromatic N) is 2. The van der Waals surface area contributed by atoms with E-state index in [1.54, 1.807) is 0 Å². The lowest BCUT2D eigenvalue weighted by molar-refractivity contribution is 0.0593. The quantitative estimate of drug-likeness (QED) is 0.606. The summed E-state index contributed by atoms with van der Waals surface area (Å²) in [6.07, 6.45) is 8.91. The van der Waals surface area contributed by atoms with Gasteiger partial charge in [-0.05, 0) is 6.42 Å². The molecule has 0 aliphatic heterocycles. The first-order valence-corrected chi connectivity index (χ1v) is 4.84. The Bertz CT molecular complexity index is 412. The molecule has 5 nitrogen and oxygen atoms in total. The van der Waals surface area contributed by atoms with Crippen LogP contribution in [0.2, 0.25) is 0 Å². The van der Waals surface area contributed by atoms with Gasteiger partial charge in [-0.15, -0.1) is 6.42 Å². The van der Waals surface area contributed by atoms with Gasteiger partial charge >= 0.3 is 5.97 Å². The van der Waals surface area contributed by atoms with Crippen LogP contribution in [-0.2, 0) is 4.74 Å². The molecule has 16 heavy (non-hydrogen) atoms. The van der Waals surface area contributed by atoms with Crippen LogP contribution in [-0.4, -0.2) is 29.1 Å². The molecule has 0 bridgehead atoms. The third-order valence-corrected chi connectivity index (χ3v) is 1.96. The number of aromatic nitrogens is 2. The number of terminal acetylenes is 1. The van der Waals surface area contributed by atoms with Crippen molar-refractivity contribution in [2.45, 2.75) is 19.4 Å². The fourth-order valence-corrected chi connectivity index (χ4v) is 1.08. The second-order valence-electron chi connectivity index (χ2n) is 3.05. The molecule has 1 rings (SSSR count). The maximum atomic E-state index is 11.2. The lowest BCUT2D eigenvalue weighted by atomic mass is 10.2. The molecule has 0 aliphatic rings. The van der Waals surface area contributed by atoms with Crippen molar-refractivity contribution in [1.29, 1.82) is 0 Å². The van der Waals surface area contributed by atoms with Crippen LogP contribution in [0.15, 0.2) is 12.4 Å². The van der Waals surface area contributed by atoms with Gasteiger partial charge in [0.15, 0.2) is 5.69 Å². The molecular formula is C11H13N3O2. The fraction of sp³-hybridized carbons (Fsp3) is 0.364. The van der Waals surface area contributed by atoms with Gasteiger partial charge in [-0.3, -0.25) is 4.98 Å². The molecule has 0 aromatic carbocycles. The SMILES string of the molecule is C#CC(CC)Nc1cncc(C(=O)OC)n1. The number of methoxy groups -OCH3 is 1. The first-order chi connectivity index (χ1) is 7.71. The van der Waals surface area contributed by atoms with Gasteiger partial charge in [0.2, 0.25) is 0 Å². The highest BCUT2D eigenvalue weighted by Gasteiger charge is 2.09. The zero-order valence-corrected chi connectivity index (χ0v) is 9.23. The Kier molecular flexibility index (Phi) is 4.28. The molecular weight excluding hydrogens is 206 g/mol. The van der Waals surface area contributed by atoms with Crippen molar-refractivity contribution in [2.75, 3.05) is 12.4 Å². The van der Waals surface area contributed by atoms with Crippen molar-refractivity contribution >= 4 is 11.8 Å².